The maximum Gasteiger partial charge on any atom is 0.416 e. The van der Waals surface area contributed by atoms with Crippen LogP contribution in [-0.4, -0.2) is 15.5 Å². The van der Waals surface area contributed by atoms with Crippen molar-refractivity contribution in [3.63, 3.8) is 0 Å². The van der Waals surface area contributed by atoms with E-state index in [4.69, 9.17) is 23.2 Å². The first kappa shape index (κ1) is 22.7. The van der Waals surface area contributed by atoms with Crippen LogP contribution in [0.4, 0.5) is 18.9 Å². The second-order valence-electron chi connectivity index (χ2n) is 6.93. The molecule has 4 rings (SSSR count). The van der Waals surface area contributed by atoms with Crippen LogP contribution in [0.1, 0.15) is 16.1 Å². The van der Waals surface area contributed by atoms with Crippen LogP contribution in [0.2, 0.25) is 10.0 Å². The Hall–Kier alpha value is -3.49. The third-order valence-corrected chi connectivity index (χ3v) is 5.27. The first-order valence-corrected chi connectivity index (χ1v) is 10.3. The molecule has 4 aromatic rings. The van der Waals surface area contributed by atoms with Gasteiger partial charge in [0, 0.05) is 22.5 Å². The number of anilines is 1. The van der Waals surface area contributed by atoms with Crippen LogP contribution in [0.25, 0.3) is 17.1 Å². The molecule has 0 bridgehead atoms. The van der Waals surface area contributed by atoms with Crippen molar-refractivity contribution in [1.29, 1.82) is 0 Å². The largest absolute Gasteiger partial charge is 0.416 e. The van der Waals surface area contributed by atoms with E-state index in [1.54, 1.807) is 53.1 Å². The lowest BCUT2D eigenvalue weighted by molar-refractivity contribution is -0.137. The first-order chi connectivity index (χ1) is 15.7. The van der Waals surface area contributed by atoms with Crippen LogP contribution >= 0.6 is 23.2 Å². The van der Waals surface area contributed by atoms with Crippen molar-refractivity contribution < 1.29 is 18.0 Å². The van der Waals surface area contributed by atoms with Crippen molar-refractivity contribution >= 4 is 34.8 Å². The SMILES string of the molecule is O=C(NNc1ccc(C(F)(F)F)cc1)c1cn(-c2ccc(Cl)cc2)c(-c2ccccc2Cl)n1. The molecule has 10 heteroatoms. The molecule has 2 N–H and O–H groups in total. The topological polar surface area (TPSA) is 59.0 Å². The summed E-state index contributed by atoms with van der Waals surface area (Å²) >= 11 is 12.3. The van der Waals surface area contributed by atoms with Crippen LogP contribution in [0.5, 0.6) is 0 Å². The number of nitrogens with zero attached hydrogens (tertiary/aromatic N) is 2. The molecule has 33 heavy (non-hydrogen) atoms. The van der Waals surface area contributed by atoms with Gasteiger partial charge in [0.25, 0.3) is 5.91 Å². The number of hydrazine groups is 1. The molecule has 0 unspecified atom stereocenters. The fourth-order valence-electron chi connectivity index (χ4n) is 3.06. The number of amides is 1. The number of hydrogen-bond acceptors (Lipinski definition) is 3. The Morgan fingerprint density at radius 2 is 1.58 bits per heavy atom. The molecule has 0 spiro atoms. The van der Waals surface area contributed by atoms with Crippen LogP contribution in [-0.2, 0) is 6.18 Å². The van der Waals surface area contributed by atoms with E-state index in [1.165, 1.54) is 18.3 Å². The van der Waals surface area contributed by atoms with Gasteiger partial charge in [0.1, 0.15) is 11.5 Å². The standard InChI is InChI=1S/C23H15Cl2F3N4O/c24-15-7-11-17(12-8-15)32-13-20(29-21(32)18-3-1-2-4-19(18)25)22(33)31-30-16-9-5-14(6-10-16)23(26,27)28/h1-13,30H,(H,31,33). The third-order valence-electron chi connectivity index (χ3n) is 4.69. The summed E-state index contributed by atoms with van der Waals surface area (Å²) in [7, 11) is 0. The van der Waals surface area contributed by atoms with Gasteiger partial charge in [0.05, 0.1) is 16.3 Å². The first-order valence-electron chi connectivity index (χ1n) is 9.56. The Morgan fingerprint density at radius 1 is 0.909 bits per heavy atom. The van der Waals surface area contributed by atoms with Gasteiger partial charge in [-0.3, -0.25) is 20.2 Å². The molecule has 3 aromatic carbocycles. The lowest BCUT2D eigenvalue weighted by Gasteiger charge is -2.09. The number of carbonyl (C=O) groups excluding carboxylic acids is 1. The van der Waals surface area contributed by atoms with E-state index in [2.05, 4.69) is 15.8 Å². The molecule has 0 aliphatic rings. The highest BCUT2D eigenvalue weighted by molar-refractivity contribution is 6.33. The summed E-state index contributed by atoms with van der Waals surface area (Å²) in [5.74, 6) is -0.154. The molecule has 0 aliphatic carbocycles. The summed E-state index contributed by atoms with van der Waals surface area (Å²) in [6.07, 6.45) is -2.91. The quantitative estimate of drug-likeness (QED) is 0.309. The molecule has 0 saturated carbocycles. The minimum atomic E-state index is -4.44. The number of rotatable bonds is 5. The third kappa shape index (κ3) is 5.13. The monoisotopic (exact) mass is 490 g/mol. The summed E-state index contributed by atoms with van der Waals surface area (Å²) in [5.41, 5.74) is 5.91. The van der Waals surface area contributed by atoms with Crippen molar-refractivity contribution in [3.05, 3.63) is 100 Å². The maximum atomic E-state index is 12.7. The average molecular weight is 491 g/mol. The highest BCUT2D eigenvalue weighted by Crippen LogP contribution is 2.31. The molecular weight excluding hydrogens is 476 g/mol. The lowest BCUT2D eigenvalue weighted by Crippen LogP contribution is -2.29. The smallest absolute Gasteiger partial charge is 0.299 e. The number of benzene rings is 3. The Labute approximate surface area is 196 Å². The molecule has 0 saturated heterocycles. The number of carbonyl (C=O) groups is 1. The Bertz CT molecular complexity index is 1290. The molecule has 0 radical (unpaired) electrons. The second kappa shape index (κ2) is 9.17. The number of alkyl halides is 3. The summed E-state index contributed by atoms with van der Waals surface area (Å²) in [5, 5.41) is 1.00. The number of imidazole rings is 1. The van der Waals surface area contributed by atoms with Gasteiger partial charge in [-0.1, -0.05) is 35.3 Å². The maximum absolute atomic E-state index is 12.7. The Kier molecular flexibility index (Phi) is 6.31. The van der Waals surface area contributed by atoms with Crippen molar-refractivity contribution in [2.24, 2.45) is 0 Å². The molecule has 1 aromatic heterocycles. The molecular formula is C23H15Cl2F3N4O. The van der Waals surface area contributed by atoms with E-state index in [0.29, 0.717) is 27.1 Å². The van der Waals surface area contributed by atoms with Gasteiger partial charge in [-0.05, 0) is 60.7 Å². The zero-order valence-corrected chi connectivity index (χ0v) is 18.2. The molecule has 5 nitrogen and oxygen atoms in total. The highest BCUT2D eigenvalue weighted by atomic mass is 35.5. The number of halogens is 5. The summed E-state index contributed by atoms with van der Waals surface area (Å²) in [6.45, 7) is 0. The van der Waals surface area contributed by atoms with Gasteiger partial charge in [-0.2, -0.15) is 13.2 Å². The Morgan fingerprint density at radius 3 is 2.21 bits per heavy atom. The fourth-order valence-corrected chi connectivity index (χ4v) is 3.40. The number of hydrogen-bond donors (Lipinski definition) is 2. The van der Waals surface area contributed by atoms with Crippen LogP contribution in [0.15, 0.2) is 79.0 Å². The van der Waals surface area contributed by atoms with Gasteiger partial charge in [0.2, 0.25) is 0 Å². The second-order valence-corrected chi connectivity index (χ2v) is 7.77. The fraction of sp³-hybridized carbons (Fsp3) is 0.0435. The molecule has 0 fully saturated rings. The van der Waals surface area contributed by atoms with E-state index in [1.807, 2.05) is 0 Å². The summed E-state index contributed by atoms with van der Waals surface area (Å²) < 4.78 is 39.8. The van der Waals surface area contributed by atoms with Gasteiger partial charge in [-0.15, -0.1) is 0 Å². The Balaban J connectivity index is 1.61. The predicted molar refractivity (Wildman–Crippen MR) is 122 cm³/mol. The molecule has 168 valence electrons. The highest BCUT2D eigenvalue weighted by Gasteiger charge is 2.30. The minimum Gasteiger partial charge on any atom is -0.299 e. The van der Waals surface area contributed by atoms with E-state index in [9.17, 15) is 18.0 Å². The van der Waals surface area contributed by atoms with Gasteiger partial charge in [-0.25, -0.2) is 4.98 Å². The van der Waals surface area contributed by atoms with Crippen molar-refractivity contribution in [2.45, 2.75) is 6.18 Å². The number of nitrogens with one attached hydrogen (secondary N) is 2. The normalized spacial score (nSPS) is 11.3. The molecule has 1 heterocycles. The number of aromatic nitrogens is 2. The average Bonchev–Trinajstić information content (AvgIpc) is 3.23. The zero-order valence-electron chi connectivity index (χ0n) is 16.7. The van der Waals surface area contributed by atoms with Crippen LogP contribution in [0.3, 0.4) is 0 Å². The lowest BCUT2D eigenvalue weighted by atomic mass is 10.2. The minimum absolute atomic E-state index is 0.0688. The van der Waals surface area contributed by atoms with Crippen molar-refractivity contribution in [1.82, 2.24) is 15.0 Å². The van der Waals surface area contributed by atoms with Crippen molar-refractivity contribution in [3.8, 4) is 17.1 Å². The van der Waals surface area contributed by atoms with Gasteiger partial charge >= 0.3 is 6.18 Å². The molecule has 0 aliphatic heterocycles. The van der Waals surface area contributed by atoms with Crippen LogP contribution < -0.4 is 10.9 Å². The molecule has 0 atom stereocenters. The summed E-state index contributed by atoms with van der Waals surface area (Å²) in [6, 6.07) is 18.3. The summed E-state index contributed by atoms with van der Waals surface area (Å²) in [4.78, 5) is 17.2. The van der Waals surface area contributed by atoms with Crippen LogP contribution in [0, 0.1) is 0 Å². The molecule has 1 amide bonds. The van der Waals surface area contributed by atoms with Gasteiger partial charge in [0.15, 0.2) is 0 Å². The zero-order chi connectivity index (χ0) is 23.6. The van der Waals surface area contributed by atoms with E-state index in [-0.39, 0.29) is 11.4 Å². The predicted octanol–water partition coefficient (Wildman–Crippen LogP) is 6.62. The van der Waals surface area contributed by atoms with Crippen molar-refractivity contribution in [2.75, 3.05) is 5.43 Å². The van der Waals surface area contributed by atoms with E-state index < -0.39 is 17.6 Å². The van der Waals surface area contributed by atoms with Gasteiger partial charge < -0.3 is 0 Å². The van der Waals surface area contributed by atoms with E-state index in [0.717, 1.165) is 12.1 Å². The van der Waals surface area contributed by atoms with E-state index >= 15 is 0 Å².